The molecule has 0 unspecified atom stereocenters. The van der Waals surface area contributed by atoms with E-state index < -0.39 is 23.3 Å². The molecule has 3 aromatic heterocycles. The number of halogens is 4. The van der Waals surface area contributed by atoms with Gasteiger partial charge in [-0.2, -0.15) is 13.2 Å². The highest BCUT2D eigenvalue weighted by Gasteiger charge is 2.38. The Bertz CT molecular complexity index is 1280. The van der Waals surface area contributed by atoms with E-state index in [4.69, 9.17) is 20.8 Å². The number of nitrogens with zero attached hydrogens (tertiary/aromatic N) is 4. The van der Waals surface area contributed by atoms with Crippen molar-refractivity contribution in [3.8, 4) is 11.3 Å². The minimum absolute atomic E-state index is 0.0493. The highest BCUT2D eigenvalue weighted by atomic mass is 35.5. The largest absolute Gasteiger partial charge is 0.461 e. The minimum Gasteiger partial charge on any atom is -0.461 e. The number of aryl methyl sites for hydroxylation is 1. The zero-order valence-electron chi connectivity index (χ0n) is 18.1. The number of amides is 2. The maximum atomic E-state index is 13.9. The van der Waals surface area contributed by atoms with Crippen LogP contribution in [0, 0.1) is 6.92 Å². The highest BCUT2D eigenvalue weighted by Crippen LogP contribution is 2.37. The molecule has 0 N–H and O–H groups in total. The number of cyclic esters (lactones) is 1. The van der Waals surface area contributed by atoms with Crippen molar-refractivity contribution in [2.45, 2.75) is 32.0 Å². The first kappa shape index (κ1) is 22.6. The first-order chi connectivity index (χ1) is 16.1. The van der Waals surface area contributed by atoms with Crippen LogP contribution in [0.1, 0.15) is 34.7 Å². The summed E-state index contributed by atoms with van der Waals surface area (Å²) in [4.78, 5) is 32.1. The lowest BCUT2D eigenvalue weighted by Crippen LogP contribution is -2.47. The summed E-state index contributed by atoms with van der Waals surface area (Å²) in [6, 6.07) is 4.09. The Hall–Kier alpha value is -3.21. The molecule has 3 aromatic rings. The van der Waals surface area contributed by atoms with E-state index in [0.717, 1.165) is 10.5 Å². The second-order valence-electron chi connectivity index (χ2n) is 8.33. The van der Waals surface area contributed by atoms with Crippen LogP contribution < -0.4 is 0 Å². The molecule has 5 heterocycles. The molecule has 2 fully saturated rings. The molecule has 0 aliphatic carbocycles. The van der Waals surface area contributed by atoms with Crippen LogP contribution in [0.3, 0.4) is 0 Å². The molecule has 2 saturated heterocycles. The number of imidazole rings is 1. The van der Waals surface area contributed by atoms with Gasteiger partial charge in [-0.15, -0.1) is 0 Å². The number of furan rings is 1. The predicted octanol–water partition coefficient (Wildman–Crippen LogP) is 4.63. The zero-order valence-corrected chi connectivity index (χ0v) is 18.8. The number of carbonyl (C=O) groups excluding carboxylic acids is 2. The van der Waals surface area contributed by atoms with Crippen LogP contribution in [0.4, 0.5) is 18.0 Å². The maximum absolute atomic E-state index is 13.9. The van der Waals surface area contributed by atoms with Gasteiger partial charge in [-0.1, -0.05) is 11.6 Å². The second kappa shape index (κ2) is 8.23. The number of likely N-dealkylation sites (tertiary alicyclic amines) is 1. The Morgan fingerprint density at radius 2 is 1.94 bits per heavy atom. The Morgan fingerprint density at radius 3 is 2.53 bits per heavy atom. The standard InChI is InChI=1S/C22H20ClF3N4O4/c1-12-2-3-16(34-12)13-10-15(22(24,25)26)19-27-17(18(23)30(19)11-13)20(31)28-6-4-14(5-7-28)29-8-9-33-21(29)32/h2-3,10-11,14H,4-9H2,1H3. The predicted molar refractivity (Wildman–Crippen MR) is 115 cm³/mol. The van der Waals surface area contributed by atoms with E-state index in [1.807, 2.05) is 0 Å². The SMILES string of the molecule is Cc1ccc(-c2cc(C(F)(F)F)c3nc(C(=O)N4CCC(N5CCOC5=O)CC4)c(Cl)n3c2)o1. The topological polar surface area (TPSA) is 80.3 Å². The Balaban J connectivity index is 1.46. The summed E-state index contributed by atoms with van der Waals surface area (Å²) in [5, 5.41) is -0.208. The molecule has 0 aromatic carbocycles. The lowest BCUT2D eigenvalue weighted by Gasteiger charge is -2.35. The van der Waals surface area contributed by atoms with E-state index in [2.05, 4.69) is 4.98 Å². The summed E-state index contributed by atoms with van der Waals surface area (Å²) in [5.74, 6) is 0.228. The smallest absolute Gasteiger partial charge is 0.420 e. The minimum atomic E-state index is -4.73. The van der Waals surface area contributed by atoms with Crippen LogP contribution in [0.5, 0.6) is 0 Å². The van der Waals surface area contributed by atoms with E-state index in [-0.39, 0.29) is 34.3 Å². The zero-order chi connectivity index (χ0) is 24.2. The average molecular weight is 497 g/mol. The van der Waals surface area contributed by atoms with Crippen LogP contribution in [0.25, 0.3) is 17.0 Å². The average Bonchev–Trinajstić information content (AvgIpc) is 3.51. The molecule has 8 nitrogen and oxygen atoms in total. The number of fused-ring (bicyclic) bond motifs is 1. The summed E-state index contributed by atoms with van der Waals surface area (Å²) in [6.07, 6.45) is -2.66. The first-order valence-corrected chi connectivity index (χ1v) is 11.1. The Labute approximate surface area is 196 Å². The lowest BCUT2D eigenvalue weighted by atomic mass is 10.0. The molecule has 2 aliphatic heterocycles. The molecular weight excluding hydrogens is 477 g/mol. The molecule has 0 spiro atoms. The molecule has 180 valence electrons. The van der Waals surface area contributed by atoms with Gasteiger partial charge in [0.15, 0.2) is 11.3 Å². The van der Waals surface area contributed by atoms with Crippen molar-refractivity contribution >= 4 is 29.2 Å². The molecule has 2 aliphatic rings. The van der Waals surface area contributed by atoms with Crippen molar-refractivity contribution in [1.29, 1.82) is 0 Å². The van der Waals surface area contributed by atoms with Gasteiger partial charge >= 0.3 is 12.3 Å². The Kier molecular flexibility index (Phi) is 5.46. The van der Waals surface area contributed by atoms with E-state index >= 15 is 0 Å². The van der Waals surface area contributed by atoms with Gasteiger partial charge in [-0.25, -0.2) is 9.78 Å². The van der Waals surface area contributed by atoms with Crippen molar-refractivity contribution in [2.75, 3.05) is 26.2 Å². The van der Waals surface area contributed by atoms with Crippen LogP contribution in [-0.2, 0) is 10.9 Å². The van der Waals surface area contributed by atoms with Crippen LogP contribution in [0.15, 0.2) is 28.8 Å². The number of piperidine rings is 1. The van der Waals surface area contributed by atoms with Gasteiger partial charge in [0.25, 0.3) is 5.91 Å². The van der Waals surface area contributed by atoms with Crippen LogP contribution >= 0.6 is 11.6 Å². The van der Waals surface area contributed by atoms with Gasteiger partial charge in [0.2, 0.25) is 0 Å². The summed E-state index contributed by atoms with van der Waals surface area (Å²) in [7, 11) is 0. The maximum Gasteiger partial charge on any atom is 0.420 e. The monoisotopic (exact) mass is 496 g/mol. The number of ether oxygens (including phenoxy) is 1. The van der Waals surface area contributed by atoms with Crippen LogP contribution in [0.2, 0.25) is 5.15 Å². The third-order valence-electron chi connectivity index (χ3n) is 6.18. The Morgan fingerprint density at radius 1 is 1.21 bits per heavy atom. The third-order valence-corrected chi connectivity index (χ3v) is 6.54. The van der Waals surface area contributed by atoms with Crippen molar-refractivity contribution < 1.29 is 31.9 Å². The number of alkyl halides is 3. The number of pyridine rings is 1. The second-order valence-corrected chi connectivity index (χ2v) is 8.68. The number of aromatic nitrogens is 2. The first-order valence-electron chi connectivity index (χ1n) is 10.7. The highest BCUT2D eigenvalue weighted by molar-refractivity contribution is 6.33. The summed E-state index contributed by atoms with van der Waals surface area (Å²) < 4.78 is 53.1. The van der Waals surface area contributed by atoms with E-state index in [1.165, 1.54) is 11.1 Å². The molecule has 0 saturated carbocycles. The molecule has 0 atom stereocenters. The van der Waals surface area contributed by atoms with Gasteiger partial charge in [0, 0.05) is 30.9 Å². The molecule has 12 heteroatoms. The number of hydrogen-bond donors (Lipinski definition) is 0. The van der Waals surface area contributed by atoms with Gasteiger partial charge < -0.3 is 19.0 Å². The fraction of sp³-hybridized carbons (Fsp3) is 0.409. The fourth-order valence-electron chi connectivity index (χ4n) is 4.45. The van der Waals surface area contributed by atoms with Crippen molar-refractivity contribution in [2.24, 2.45) is 0 Å². The van der Waals surface area contributed by atoms with Crippen molar-refractivity contribution in [3.63, 3.8) is 0 Å². The summed E-state index contributed by atoms with van der Waals surface area (Å²) >= 11 is 6.39. The molecular formula is C22H20ClF3N4O4. The third kappa shape index (κ3) is 3.87. The number of carbonyl (C=O) groups is 2. The van der Waals surface area contributed by atoms with E-state index in [1.54, 1.807) is 24.0 Å². The molecule has 0 bridgehead atoms. The quantitative estimate of drug-likeness (QED) is 0.528. The fourth-order valence-corrected chi connectivity index (χ4v) is 4.71. The van der Waals surface area contributed by atoms with Crippen molar-refractivity contribution in [3.05, 3.63) is 46.6 Å². The molecule has 2 amide bonds. The molecule has 0 radical (unpaired) electrons. The number of hydrogen-bond acceptors (Lipinski definition) is 5. The summed E-state index contributed by atoms with van der Waals surface area (Å²) in [6.45, 7) is 3.17. The van der Waals surface area contributed by atoms with Crippen LogP contribution in [-0.4, -0.2) is 63.5 Å². The number of rotatable bonds is 3. The molecule has 5 rings (SSSR count). The van der Waals surface area contributed by atoms with Gasteiger partial charge in [0.1, 0.15) is 23.3 Å². The summed E-state index contributed by atoms with van der Waals surface area (Å²) in [5.41, 5.74) is -1.57. The van der Waals surface area contributed by atoms with Gasteiger partial charge in [0.05, 0.1) is 12.1 Å². The van der Waals surface area contributed by atoms with E-state index in [9.17, 15) is 22.8 Å². The lowest BCUT2D eigenvalue weighted by molar-refractivity contribution is -0.136. The van der Waals surface area contributed by atoms with Gasteiger partial charge in [-0.3, -0.25) is 9.20 Å². The van der Waals surface area contributed by atoms with Gasteiger partial charge in [-0.05, 0) is 38.0 Å². The normalized spacial score (nSPS) is 17.6. The van der Waals surface area contributed by atoms with Crippen molar-refractivity contribution in [1.82, 2.24) is 19.2 Å². The molecule has 34 heavy (non-hydrogen) atoms. The van der Waals surface area contributed by atoms with E-state index in [0.29, 0.717) is 44.8 Å².